The number of anilines is 1. The summed E-state index contributed by atoms with van der Waals surface area (Å²) in [6, 6.07) is 16.7. The van der Waals surface area contributed by atoms with Crippen molar-refractivity contribution < 1.29 is 22.7 Å². The molecule has 2 aromatic carbocycles. The second-order valence-corrected chi connectivity index (χ2v) is 5.27. The number of ether oxygens (including phenoxy) is 1. The van der Waals surface area contributed by atoms with Gasteiger partial charge in [0.2, 0.25) is 0 Å². The Balaban J connectivity index is 2.14. The third-order valence-electron chi connectivity index (χ3n) is 3.61. The van der Waals surface area contributed by atoms with E-state index in [2.05, 4.69) is 4.74 Å². The van der Waals surface area contributed by atoms with E-state index < -0.39 is 18.4 Å². The van der Waals surface area contributed by atoms with Gasteiger partial charge >= 0.3 is 6.36 Å². The molecule has 0 aliphatic carbocycles. The molecule has 0 fully saturated rings. The van der Waals surface area contributed by atoms with Crippen molar-refractivity contribution in [1.29, 1.82) is 0 Å². The molecule has 1 unspecified atom stereocenters. The van der Waals surface area contributed by atoms with Crippen LogP contribution in [0, 0.1) is 0 Å². The molecule has 0 aromatic heterocycles. The molecule has 0 saturated carbocycles. The van der Waals surface area contributed by atoms with Gasteiger partial charge in [0.1, 0.15) is 6.10 Å². The third-order valence-corrected chi connectivity index (χ3v) is 3.61. The molecule has 1 amide bonds. The summed E-state index contributed by atoms with van der Waals surface area (Å²) in [7, 11) is 1.43. The number of likely N-dealkylation sites (N-methyl/N-ethyl adjacent to an activating group) is 1. The van der Waals surface area contributed by atoms with Crippen LogP contribution in [0.1, 0.15) is 13.3 Å². The second kappa shape index (κ2) is 7.49. The first-order valence-corrected chi connectivity index (χ1v) is 7.49. The Kier molecular flexibility index (Phi) is 5.62. The first-order valence-electron chi connectivity index (χ1n) is 7.49. The van der Waals surface area contributed by atoms with Crippen LogP contribution in [0.15, 0.2) is 54.6 Å². The lowest BCUT2D eigenvalue weighted by molar-refractivity contribution is -0.337. The molecule has 0 spiro atoms. The number of benzene rings is 2. The van der Waals surface area contributed by atoms with Crippen LogP contribution >= 0.6 is 0 Å². The van der Waals surface area contributed by atoms with Gasteiger partial charge in [-0.25, -0.2) is 0 Å². The maximum absolute atomic E-state index is 12.4. The van der Waals surface area contributed by atoms with Crippen LogP contribution in [0.2, 0.25) is 0 Å². The zero-order chi connectivity index (χ0) is 17.7. The Morgan fingerprint density at radius 2 is 1.58 bits per heavy atom. The highest BCUT2D eigenvalue weighted by Gasteiger charge is 2.37. The van der Waals surface area contributed by atoms with E-state index in [0.29, 0.717) is 5.69 Å². The van der Waals surface area contributed by atoms with Crippen LogP contribution < -0.4 is 4.90 Å². The number of hydrogen-bond acceptors (Lipinski definition) is 2. The zero-order valence-electron chi connectivity index (χ0n) is 13.4. The first kappa shape index (κ1) is 18.0. The maximum atomic E-state index is 12.4. The standard InChI is InChI=1S/C18H18F3NO2/c1-3-16(24-18(19,20)21)17(23)22(2)15-11-9-14(10-12-15)13-7-5-4-6-8-13/h4-12,16H,3H2,1-2H3. The van der Waals surface area contributed by atoms with Gasteiger partial charge in [0.15, 0.2) is 0 Å². The molecular formula is C18H18F3NO2. The van der Waals surface area contributed by atoms with Crippen LogP contribution in [0.3, 0.4) is 0 Å². The van der Waals surface area contributed by atoms with E-state index in [-0.39, 0.29) is 6.42 Å². The SMILES string of the molecule is CCC(OC(F)(F)F)C(=O)N(C)c1ccc(-c2ccccc2)cc1. The topological polar surface area (TPSA) is 29.5 Å². The predicted octanol–water partition coefficient (Wildman–Crippen LogP) is 4.63. The highest BCUT2D eigenvalue weighted by molar-refractivity contribution is 5.96. The van der Waals surface area contributed by atoms with Gasteiger partial charge < -0.3 is 4.90 Å². The minimum Gasteiger partial charge on any atom is -0.313 e. The smallest absolute Gasteiger partial charge is 0.313 e. The highest BCUT2D eigenvalue weighted by Crippen LogP contribution is 2.25. The molecule has 0 saturated heterocycles. The fourth-order valence-corrected chi connectivity index (χ4v) is 2.32. The molecule has 0 aliphatic heterocycles. The predicted molar refractivity (Wildman–Crippen MR) is 86.5 cm³/mol. The average molecular weight is 337 g/mol. The van der Waals surface area contributed by atoms with Gasteiger partial charge in [-0.1, -0.05) is 49.4 Å². The Morgan fingerprint density at radius 1 is 1.04 bits per heavy atom. The molecule has 0 heterocycles. The molecule has 0 radical (unpaired) electrons. The van der Waals surface area contributed by atoms with E-state index in [1.165, 1.54) is 18.9 Å². The molecule has 128 valence electrons. The summed E-state index contributed by atoms with van der Waals surface area (Å²) in [5.74, 6) is -0.734. The van der Waals surface area contributed by atoms with Crippen LogP contribution in [-0.2, 0) is 9.53 Å². The Morgan fingerprint density at radius 3 is 2.08 bits per heavy atom. The third kappa shape index (κ3) is 4.58. The molecule has 24 heavy (non-hydrogen) atoms. The molecule has 6 heteroatoms. The Hall–Kier alpha value is -2.34. The van der Waals surface area contributed by atoms with E-state index in [9.17, 15) is 18.0 Å². The lowest BCUT2D eigenvalue weighted by atomic mass is 10.1. The van der Waals surface area contributed by atoms with Crippen LogP contribution in [0.25, 0.3) is 11.1 Å². The van der Waals surface area contributed by atoms with Crippen molar-refractivity contribution in [3.63, 3.8) is 0 Å². The molecule has 0 bridgehead atoms. The molecule has 1 atom stereocenters. The molecular weight excluding hydrogens is 319 g/mol. The number of rotatable bonds is 5. The Bertz CT molecular complexity index is 669. The summed E-state index contributed by atoms with van der Waals surface area (Å²) in [6.45, 7) is 1.47. The molecule has 0 N–H and O–H groups in total. The molecule has 2 rings (SSSR count). The summed E-state index contributed by atoms with van der Waals surface area (Å²) in [5.41, 5.74) is 2.48. The number of amides is 1. The summed E-state index contributed by atoms with van der Waals surface area (Å²) in [5, 5.41) is 0. The van der Waals surface area contributed by atoms with Gasteiger partial charge in [-0.2, -0.15) is 0 Å². The largest absolute Gasteiger partial charge is 0.523 e. The monoisotopic (exact) mass is 337 g/mol. The molecule has 0 aliphatic rings. The highest BCUT2D eigenvalue weighted by atomic mass is 19.4. The minimum atomic E-state index is -4.84. The van der Waals surface area contributed by atoms with Crippen molar-refractivity contribution in [2.45, 2.75) is 25.8 Å². The number of carbonyl (C=O) groups is 1. The van der Waals surface area contributed by atoms with Crippen LogP contribution in [-0.4, -0.2) is 25.4 Å². The number of carbonyl (C=O) groups excluding carboxylic acids is 1. The fraction of sp³-hybridized carbons (Fsp3) is 0.278. The lowest BCUT2D eigenvalue weighted by Gasteiger charge is -2.24. The van der Waals surface area contributed by atoms with Gasteiger partial charge in [0, 0.05) is 12.7 Å². The van der Waals surface area contributed by atoms with Crippen molar-refractivity contribution in [3.8, 4) is 11.1 Å². The summed E-state index contributed by atoms with van der Waals surface area (Å²) < 4.78 is 41.0. The normalized spacial score (nSPS) is 12.7. The van der Waals surface area contributed by atoms with Gasteiger partial charge in [-0.15, -0.1) is 13.2 Å². The minimum absolute atomic E-state index is 0.0647. The first-order chi connectivity index (χ1) is 11.3. The van der Waals surface area contributed by atoms with Gasteiger partial charge in [-0.3, -0.25) is 9.53 Å². The van der Waals surface area contributed by atoms with Gasteiger partial charge in [0.25, 0.3) is 5.91 Å². The van der Waals surface area contributed by atoms with Crippen molar-refractivity contribution >= 4 is 11.6 Å². The molecule has 2 aromatic rings. The van der Waals surface area contributed by atoms with E-state index in [0.717, 1.165) is 11.1 Å². The van der Waals surface area contributed by atoms with Crippen LogP contribution in [0.5, 0.6) is 0 Å². The van der Waals surface area contributed by atoms with Crippen molar-refractivity contribution in [3.05, 3.63) is 54.6 Å². The summed E-state index contributed by atoms with van der Waals surface area (Å²) in [6.07, 6.45) is -6.46. The number of halogens is 3. The summed E-state index contributed by atoms with van der Waals surface area (Å²) >= 11 is 0. The molecule has 3 nitrogen and oxygen atoms in total. The Labute approximate surface area is 138 Å². The van der Waals surface area contributed by atoms with Crippen molar-refractivity contribution in [1.82, 2.24) is 0 Å². The van der Waals surface area contributed by atoms with E-state index in [1.54, 1.807) is 12.1 Å². The van der Waals surface area contributed by atoms with E-state index >= 15 is 0 Å². The van der Waals surface area contributed by atoms with Crippen molar-refractivity contribution in [2.75, 3.05) is 11.9 Å². The second-order valence-electron chi connectivity index (χ2n) is 5.27. The van der Waals surface area contributed by atoms with Gasteiger partial charge in [0.05, 0.1) is 0 Å². The average Bonchev–Trinajstić information content (AvgIpc) is 2.58. The zero-order valence-corrected chi connectivity index (χ0v) is 13.4. The fourth-order valence-electron chi connectivity index (χ4n) is 2.32. The maximum Gasteiger partial charge on any atom is 0.523 e. The number of nitrogens with zero attached hydrogens (tertiary/aromatic N) is 1. The number of alkyl halides is 3. The van der Waals surface area contributed by atoms with E-state index in [4.69, 9.17) is 0 Å². The summed E-state index contributed by atoms with van der Waals surface area (Å²) in [4.78, 5) is 13.4. The van der Waals surface area contributed by atoms with E-state index in [1.807, 2.05) is 42.5 Å². The lowest BCUT2D eigenvalue weighted by Crippen LogP contribution is -2.40. The number of hydrogen-bond donors (Lipinski definition) is 0. The quantitative estimate of drug-likeness (QED) is 0.796. The van der Waals surface area contributed by atoms with Gasteiger partial charge in [-0.05, 0) is 29.7 Å². The van der Waals surface area contributed by atoms with Crippen LogP contribution in [0.4, 0.5) is 18.9 Å². The van der Waals surface area contributed by atoms with Crippen molar-refractivity contribution in [2.24, 2.45) is 0 Å².